The van der Waals surface area contributed by atoms with Gasteiger partial charge in [-0.05, 0) is 18.7 Å². The molecule has 2 heterocycles. The predicted octanol–water partition coefficient (Wildman–Crippen LogP) is 0.870. The molecule has 0 saturated carbocycles. The molecule has 0 aliphatic carbocycles. The topological polar surface area (TPSA) is 64.1 Å². The van der Waals surface area contributed by atoms with Crippen molar-refractivity contribution >= 4 is 17.7 Å². The summed E-state index contributed by atoms with van der Waals surface area (Å²) in [6.45, 7) is 2.92. The van der Waals surface area contributed by atoms with Crippen molar-refractivity contribution in [2.24, 2.45) is 0 Å². The number of urea groups is 1. The third kappa shape index (κ3) is 2.47. The zero-order valence-corrected chi connectivity index (χ0v) is 12.0. The Hall–Kier alpha value is -2.08. The molecular formula is C15H19N3O3. The summed E-state index contributed by atoms with van der Waals surface area (Å²) in [7, 11) is 2.02. The van der Waals surface area contributed by atoms with Gasteiger partial charge in [-0.25, -0.2) is 9.59 Å². The number of hydrogen-bond donors (Lipinski definition) is 1. The average molecular weight is 289 g/mol. The lowest BCUT2D eigenvalue weighted by Gasteiger charge is -2.36. The van der Waals surface area contributed by atoms with E-state index in [-0.39, 0.29) is 6.03 Å². The van der Waals surface area contributed by atoms with Gasteiger partial charge in [0.25, 0.3) is 0 Å². The molecule has 1 fully saturated rings. The molecule has 1 saturated heterocycles. The number of nitrogens with zero attached hydrogens (tertiary/aromatic N) is 3. The lowest BCUT2D eigenvalue weighted by molar-refractivity contribution is -0.138. The molecule has 21 heavy (non-hydrogen) atoms. The number of aliphatic carboxylic acids is 1. The zero-order chi connectivity index (χ0) is 15.0. The molecule has 2 amide bonds. The molecule has 2 aliphatic heterocycles. The van der Waals surface area contributed by atoms with Crippen LogP contribution in [0.3, 0.4) is 0 Å². The Morgan fingerprint density at radius 1 is 1.14 bits per heavy atom. The van der Waals surface area contributed by atoms with Gasteiger partial charge in [-0.3, -0.25) is 4.90 Å². The SMILES string of the molecule is CN1CCN(C(=O)N2c3ccccc3C[C@H]2C(=O)O)CC1. The highest BCUT2D eigenvalue weighted by molar-refractivity contribution is 6.01. The van der Waals surface area contributed by atoms with Crippen molar-refractivity contribution < 1.29 is 14.7 Å². The number of rotatable bonds is 1. The van der Waals surface area contributed by atoms with Crippen LogP contribution in [0.15, 0.2) is 24.3 Å². The molecule has 1 aromatic carbocycles. The molecule has 3 rings (SSSR count). The Morgan fingerprint density at radius 3 is 2.48 bits per heavy atom. The van der Waals surface area contributed by atoms with Crippen LogP contribution in [0.4, 0.5) is 10.5 Å². The first-order valence-electron chi connectivity index (χ1n) is 7.15. The average Bonchev–Trinajstić information content (AvgIpc) is 2.87. The molecule has 6 nitrogen and oxygen atoms in total. The van der Waals surface area contributed by atoms with Crippen molar-refractivity contribution in [3.63, 3.8) is 0 Å². The Labute approximate surface area is 123 Å². The van der Waals surface area contributed by atoms with E-state index in [0.29, 0.717) is 19.5 Å². The lowest BCUT2D eigenvalue weighted by Crippen LogP contribution is -2.55. The molecule has 0 unspecified atom stereocenters. The Bertz CT molecular complexity index is 567. The molecule has 0 radical (unpaired) electrons. The molecule has 1 atom stereocenters. The monoisotopic (exact) mass is 289 g/mol. The van der Waals surface area contributed by atoms with Crippen LogP contribution in [0.1, 0.15) is 5.56 Å². The van der Waals surface area contributed by atoms with Gasteiger partial charge in [0.2, 0.25) is 0 Å². The maximum Gasteiger partial charge on any atom is 0.327 e. The largest absolute Gasteiger partial charge is 0.480 e. The van der Waals surface area contributed by atoms with Gasteiger partial charge in [-0.15, -0.1) is 0 Å². The summed E-state index contributed by atoms with van der Waals surface area (Å²) in [5, 5.41) is 9.42. The first-order chi connectivity index (χ1) is 10.1. The van der Waals surface area contributed by atoms with E-state index in [9.17, 15) is 14.7 Å². The molecule has 6 heteroatoms. The number of likely N-dealkylation sites (N-methyl/N-ethyl adjacent to an activating group) is 1. The number of carbonyl (C=O) groups is 2. The summed E-state index contributed by atoms with van der Waals surface area (Å²) in [6.07, 6.45) is 0.380. The summed E-state index contributed by atoms with van der Waals surface area (Å²) in [5.41, 5.74) is 1.65. The fourth-order valence-corrected chi connectivity index (χ4v) is 2.97. The van der Waals surface area contributed by atoms with Gasteiger partial charge in [-0.1, -0.05) is 18.2 Å². The smallest absolute Gasteiger partial charge is 0.327 e. The van der Waals surface area contributed by atoms with Crippen LogP contribution in [0, 0.1) is 0 Å². The van der Waals surface area contributed by atoms with Crippen molar-refractivity contribution in [2.75, 3.05) is 38.1 Å². The minimum Gasteiger partial charge on any atom is -0.480 e. The Balaban J connectivity index is 1.87. The summed E-state index contributed by atoms with van der Waals surface area (Å²) in [5.74, 6) is -0.950. The molecule has 0 bridgehead atoms. The molecule has 1 N–H and O–H groups in total. The maximum absolute atomic E-state index is 12.8. The number of benzene rings is 1. The molecular weight excluding hydrogens is 270 g/mol. The second-order valence-corrected chi connectivity index (χ2v) is 5.63. The molecule has 0 aromatic heterocycles. The van der Waals surface area contributed by atoms with Crippen LogP contribution in [0.25, 0.3) is 0 Å². The summed E-state index contributed by atoms with van der Waals surface area (Å²) in [4.78, 5) is 29.6. The fraction of sp³-hybridized carbons (Fsp3) is 0.467. The van der Waals surface area contributed by atoms with Crippen molar-refractivity contribution in [3.8, 4) is 0 Å². The number of para-hydroxylation sites is 1. The van der Waals surface area contributed by atoms with Gasteiger partial charge in [0, 0.05) is 38.3 Å². The highest BCUT2D eigenvalue weighted by atomic mass is 16.4. The van der Waals surface area contributed by atoms with Crippen molar-refractivity contribution in [1.82, 2.24) is 9.80 Å². The zero-order valence-electron chi connectivity index (χ0n) is 12.0. The first-order valence-corrected chi connectivity index (χ1v) is 7.15. The van der Waals surface area contributed by atoms with Crippen LogP contribution in [0.5, 0.6) is 0 Å². The maximum atomic E-state index is 12.8. The normalized spacial score (nSPS) is 22.2. The molecule has 0 spiro atoms. The number of carboxylic acids is 1. The summed E-state index contributed by atoms with van der Waals surface area (Å²) < 4.78 is 0. The van der Waals surface area contributed by atoms with Crippen LogP contribution in [0.2, 0.25) is 0 Å². The number of carbonyl (C=O) groups excluding carboxylic acids is 1. The summed E-state index contributed by atoms with van der Waals surface area (Å²) >= 11 is 0. The second kappa shape index (κ2) is 5.37. The number of piperazine rings is 1. The predicted molar refractivity (Wildman–Crippen MR) is 78.5 cm³/mol. The molecule has 112 valence electrons. The van der Waals surface area contributed by atoms with E-state index >= 15 is 0 Å². The Kier molecular flexibility index (Phi) is 3.55. The standard InChI is InChI=1S/C15H19N3O3/c1-16-6-8-17(9-7-16)15(21)18-12-5-3-2-4-11(12)10-13(18)14(19)20/h2-5,13H,6-10H2,1H3,(H,19,20)/t13-/m0/s1. The quantitative estimate of drug-likeness (QED) is 0.833. The van der Waals surface area contributed by atoms with Gasteiger partial charge in [0.15, 0.2) is 0 Å². The summed E-state index contributed by atoms with van der Waals surface area (Å²) in [6, 6.07) is 6.44. The van der Waals surface area contributed by atoms with Crippen LogP contribution < -0.4 is 4.90 Å². The molecule has 1 aromatic rings. The van der Waals surface area contributed by atoms with Gasteiger partial charge >= 0.3 is 12.0 Å². The van der Waals surface area contributed by atoms with E-state index in [1.165, 1.54) is 4.90 Å². The number of fused-ring (bicyclic) bond motifs is 1. The van der Waals surface area contributed by atoms with Crippen molar-refractivity contribution in [1.29, 1.82) is 0 Å². The van der Waals surface area contributed by atoms with E-state index in [2.05, 4.69) is 4.90 Å². The van der Waals surface area contributed by atoms with Crippen LogP contribution in [-0.2, 0) is 11.2 Å². The number of anilines is 1. The lowest BCUT2D eigenvalue weighted by atomic mass is 10.1. The van der Waals surface area contributed by atoms with Gasteiger partial charge < -0.3 is 14.9 Å². The number of carboxylic acid groups (broad SMARTS) is 1. The van der Waals surface area contributed by atoms with Gasteiger partial charge in [0.05, 0.1) is 0 Å². The number of amides is 2. The number of hydrogen-bond acceptors (Lipinski definition) is 3. The van der Waals surface area contributed by atoms with Crippen LogP contribution >= 0.6 is 0 Å². The third-order valence-corrected chi connectivity index (χ3v) is 4.24. The van der Waals surface area contributed by atoms with Gasteiger partial charge in [-0.2, -0.15) is 0 Å². The molecule has 2 aliphatic rings. The van der Waals surface area contributed by atoms with Crippen LogP contribution in [-0.4, -0.2) is 66.2 Å². The van der Waals surface area contributed by atoms with E-state index in [0.717, 1.165) is 24.3 Å². The van der Waals surface area contributed by atoms with E-state index in [1.54, 1.807) is 4.90 Å². The second-order valence-electron chi connectivity index (χ2n) is 5.63. The van der Waals surface area contributed by atoms with E-state index in [4.69, 9.17) is 0 Å². The van der Waals surface area contributed by atoms with Gasteiger partial charge in [0.1, 0.15) is 6.04 Å². The van der Waals surface area contributed by atoms with E-state index in [1.807, 2.05) is 31.3 Å². The first kappa shape index (κ1) is 13.9. The minimum absolute atomic E-state index is 0.194. The minimum atomic E-state index is -0.950. The van der Waals surface area contributed by atoms with Crippen molar-refractivity contribution in [2.45, 2.75) is 12.5 Å². The van der Waals surface area contributed by atoms with E-state index < -0.39 is 12.0 Å². The van der Waals surface area contributed by atoms with Crippen molar-refractivity contribution in [3.05, 3.63) is 29.8 Å². The highest BCUT2D eigenvalue weighted by Crippen LogP contribution is 2.33. The third-order valence-electron chi connectivity index (χ3n) is 4.24. The fourth-order valence-electron chi connectivity index (χ4n) is 2.97. The Morgan fingerprint density at radius 2 is 1.81 bits per heavy atom. The highest BCUT2D eigenvalue weighted by Gasteiger charge is 2.40.